The Bertz CT molecular complexity index is 574. The van der Waals surface area contributed by atoms with E-state index in [0.717, 1.165) is 12.1 Å². The minimum atomic E-state index is -4.78. The highest BCUT2D eigenvalue weighted by atomic mass is 19.4. The first-order chi connectivity index (χ1) is 10.8. The highest BCUT2D eigenvalue weighted by molar-refractivity contribution is 5.84. The molecule has 1 aromatic rings. The molecule has 1 amide bonds. The van der Waals surface area contributed by atoms with Crippen LogP contribution >= 0.6 is 0 Å². The molecule has 1 atom stereocenters. The van der Waals surface area contributed by atoms with Gasteiger partial charge in [-0.2, -0.15) is 0 Å². The molecular weight excluding hydrogens is 317 g/mol. The van der Waals surface area contributed by atoms with E-state index in [2.05, 4.69) is 10.1 Å². The minimum absolute atomic E-state index is 0.126. The third-order valence-corrected chi connectivity index (χ3v) is 3.35. The highest BCUT2D eigenvalue weighted by Gasteiger charge is 2.33. The summed E-state index contributed by atoms with van der Waals surface area (Å²) in [6, 6.07) is 4.25. The predicted octanol–water partition coefficient (Wildman–Crippen LogP) is 1.53. The third kappa shape index (κ3) is 4.85. The summed E-state index contributed by atoms with van der Waals surface area (Å²) in [5, 5.41) is 11.4. The van der Waals surface area contributed by atoms with Crippen LogP contribution in [0.1, 0.15) is 18.0 Å². The number of aliphatic carboxylic acids is 1. The van der Waals surface area contributed by atoms with E-state index in [1.165, 1.54) is 12.1 Å². The van der Waals surface area contributed by atoms with Gasteiger partial charge in [-0.05, 0) is 17.7 Å². The van der Waals surface area contributed by atoms with Crippen molar-refractivity contribution in [1.82, 2.24) is 10.2 Å². The number of nitrogens with one attached hydrogen (secondary N) is 1. The normalized spacial score (nSPS) is 19.3. The quantitative estimate of drug-likeness (QED) is 0.855. The van der Waals surface area contributed by atoms with Crippen LogP contribution in [-0.2, 0) is 9.59 Å². The van der Waals surface area contributed by atoms with Crippen LogP contribution in [0.3, 0.4) is 0 Å². The number of piperazine rings is 1. The number of benzene rings is 1. The van der Waals surface area contributed by atoms with Crippen molar-refractivity contribution in [3.8, 4) is 5.75 Å². The number of nitrogens with zero attached hydrogens (tertiary/aromatic N) is 1. The van der Waals surface area contributed by atoms with Crippen molar-refractivity contribution in [3.63, 3.8) is 0 Å². The summed E-state index contributed by atoms with van der Waals surface area (Å²) in [7, 11) is 0. The van der Waals surface area contributed by atoms with Crippen molar-refractivity contribution in [1.29, 1.82) is 0 Å². The van der Waals surface area contributed by atoms with Gasteiger partial charge in [-0.25, -0.2) is 0 Å². The van der Waals surface area contributed by atoms with Gasteiger partial charge in [-0.15, -0.1) is 13.2 Å². The number of carboxylic acids is 1. The molecule has 9 heteroatoms. The first-order valence-electron chi connectivity index (χ1n) is 6.85. The van der Waals surface area contributed by atoms with Gasteiger partial charge in [-0.3, -0.25) is 14.5 Å². The number of ether oxygens (including phenoxy) is 1. The summed E-state index contributed by atoms with van der Waals surface area (Å²) in [6.07, 6.45) is -4.91. The molecule has 1 fully saturated rings. The highest BCUT2D eigenvalue weighted by Crippen LogP contribution is 2.27. The Morgan fingerprint density at radius 2 is 2.00 bits per heavy atom. The predicted molar refractivity (Wildman–Crippen MR) is 72.7 cm³/mol. The van der Waals surface area contributed by atoms with Crippen molar-refractivity contribution >= 4 is 11.9 Å². The van der Waals surface area contributed by atoms with Gasteiger partial charge in [-0.1, -0.05) is 12.1 Å². The van der Waals surface area contributed by atoms with E-state index in [4.69, 9.17) is 5.11 Å². The van der Waals surface area contributed by atoms with Gasteiger partial charge in [0.15, 0.2) is 0 Å². The molecule has 0 radical (unpaired) electrons. The van der Waals surface area contributed by atoms with E-state index in [1.807, 2.05) is 0 Å². The van der Waals surface area contributed by atoms with Crippen molar-refractivity contribution in [2.45, 2.75) is 18.8 Å². The van der Waals surface area contributed by atoms with E-state index in [0.29, 0.717) is 18.7 Å². The number of amides is 1. The molecule has 23 heavy (non-hydrogen) atoms. The number of hydrogen-bond acceptors (Lipinski definition) is 4. The van der Waals surface area contributed by atoms with Crippen molar-refractivity contribution in [3.05, 3.63) is 29.8 Å². The van der Waals surface area contributed by atoms with E-state index >= 15 is 0 Å². The Morgan fingerprint density at radius 3 is 2.57 bits per heavy atom. The Labute approximate surface area is 129 Å². The molecule has 1 aliphatic heterocycles. The smallest absolute Gasteiger partial charge is 0.481 e. The molecule has 1 heterocycles. The zero-order chi connectivity index (χ0) is 17.0. The molecule has 0 bridgehead atoms. The second-order valence-electron chi connectivity index (χ2n) is 4.99. The SMILES string of the molecule is O=C(O)CCN1CCNC(=O)C1c1ccc(OC(F)(F)F)cc1. The summed E-state index contributed by atoms with van der Waals surface area (Å²) in [6.45, 7) is 1.03. The number of carbonyl (C=O) groups is 2. The summed E-state index contributed by atoms with van der Waals surface area (Å²) in [5.74, 6) is -1.68. The Hall–Kier alpha value is -2.29. The van der Waals surface area contributed by atoms with E-state index in [9.17, 15) is 22.8 Å². The lowest BCUT2D eigenvalue weighted by Crippen LogP contribution is -2.50. The van der Waals surface area contributed by atoms with Crippen LogP contribution in [0.15, 0.2) is 24.3 Å². The lowest BCUT2D eigenvalue weighted by Gasteiger charge is -2.35. The summed E-state index contributed by atoms with van der Waals surface area (Å²) >= 11 is 0. The van der Waals surface area contributed by atoms with Gasteiger partial charge in [0.2, 0.25) is 5.91 Å². The molecule has 1 aliphatic rings. The Morgan fingerprint density at radius 1 is 1.35 bits per heavy atom. The van der Waals surface area contributed by atoms with Crippen LogP contribution in [0.25, 0.3) is 0 Å². The fourth-order valence-electron chi connectivity index (χ4n) is 2.41. The fraction of sp³-hybridized carbons (Fsp3) is 0.429. The number of halogens is 3. The van der Waals surface area contributed by atoms with Crippen molar-refractivity contribution in [2.75, 3.05) is 19.6 Å². The van der Waals surface area contributed by atoms with Crippen LogP contribution in [0, 0.1) is 0 Å². The van der Waals surface area contributed by atoms with Gasteiger partial charge in [0.1, 0.15) is 11.8 Å². The average Bonchev–Trinajstić information content (AvgIpc) is 2.44. The second-order valence-corrected chi connectivity index (χ2v) is 4.99. The standard InChI is InChI=1S/C14H15F3N2O4/c15-14(16,17)23-10-3-1-9(2-4-10)12-13(22)18-6-8-19(12)7-5-11(20)21/h1-4,12H,5-8H2,(H,18,22)(H,20,21). The van der Waals surface area contributed by atoms with Crippen LogP contribution in [-0.4, -0.2) is 47.9 Å². The Kier molecular flexibility index (Phi) is 5.09. The molecule has 1 aromatic carbocycles. The third-order valence-electron chi connectivity index (χ3n) is 3.35. The number of alkyl halides is 3. The summed E-state index contributed by atoms with van der Waals surface area (Å²) in [4.78, 5) is 24.4. The molecule has 2 rings (SSSR count). The molecular formula is C14H15F3N2O4. The van der Waals surface area contributed by atoms with Crippen LogP contribution in [0.2, 0.25) is 0 Å². The molecule has 0 aromatic heterocycles. The minimum Gasteiger partial charge on any atom is -0.481 e. The maximum absolute atomic E-state index is 12.1. The molecule has 1 unspecified atom stereocenters. The molecule has 126 valence electrons. The molecule has 0 aliphatic carbocycles. The zero-order valence-electron chi connectivity index (χ0n) is 12.0. The number of carboxylic acid groups (broad SMARTS) is 1. The zero-order valence-corrected chi connectivity index (χ0v) is 12.0. The molecule has 2 N–H and O–H groups in total. The number of hydrogen-bond donors (Lipinski definition) is 2. The van der Waals surface area contributed by atoms with Crippen molar-refractivity contribution in [2.24, 2.45) is 0 Å². The molecule has 0 spiro atoms. The first kappa shape index (κ1) is 17.1. The van der Waals surface area contributed by atoms with Gasteiger partial charge < -0.3 is 15.2 Å². The largest absolute Gasteiger partial charge is 0.573 e. The topological polar surface area (TPSA) is 78.9 Å². The maximum Gasteiger partial charge on any atom is 0.573 e. The van der Waals surface area contributed by atoms with E-state index < -0.39 is 18.4 Å². The summed E-state index contributed by atoms with van der Waals surface area (Å²) in [5.41, 5.74) is 0.474. The van der Waals surface area contributed by atoms with Crippen LogP contribution in [0.5, 0.6) is 5.75 Å². The lowest BCUT2D eigenvalue weighted by atomic mass is 10.0. The van der Waals surface area contributed by atoms with Crippen LogP contribution in [0.4, 0.5) is 13.2 Å². The lowest BCUT2D eigenvalue weighted by molar-refractivity contribution is -0.274. The first-order valence-corrected chi connectivity index (χ1v) is 6.85. The molecule has 0 saturated carbocycles. The fourth-order valence-corrected chi connectivity index (χ4v) is 2.41. The Balaban J connectivity index is 2.15. The van der Waals surface area contributed by atoms with Crippen molar-refractivity contribution < 1.29 is 32.6 Å². The number of rotatable bonds is 5. The monoisotopic (exact) mass is 332 g/mol. The van der Waals surface area contributed by atoms with E-state index in [1.54, 1.807) is 4.90 Å². The van der Waals surface area contributed by atoms with Gasteiger partial charge in [0, 0.05) is 19.6 Å². The molecule has 1 saturated heterocycles. The molecule has 6 nitrogen and oxygen atoms in total. The van der Waals surface area contributed by atoms with Gasteiger partial charge in [0.25, 0.3) is 0 Å². The number of carbonyl (C=O) groups excluding carboxylic acids is 1. The van der Waals surface area contributed by atoms with E-state index in [-0.39, 0.29) is 24.6 Å². The average molecular weight is 332 g/mol. The maximum atomic E-state index is 12.1. The van der Waals surface area contributed by atoms with Crippen LogP contribution < -0.4 is 10.1 Å². The second kappa shape index (κ2) is 6.86. The van der Waals surface area contributed by atoms with Gasteiger partial charge >= 0.3 is 12.3 Å². The van der Waals surface area contributed by atoms with Gasteiger partial charge in [0.05, 0.1) is 6.42 Å². The summed E-state index contributed by atoms with van der Waals surface area (Å²) < 4.78 is 40.2.